The highest BCUT2D eigenvalue weighted by Gasteiger charge is 2.28. The predicted molar refractivity (Wildman–Crippen MR) is 96.2 cm³/mol. The lowest BCUT2D eigenvalue weighted by atomic mass is 10.0. The van der Waals surface area contributed by atoms with Gasteiger partial charge < -0.3 is 9.30 Å². The van der Waals surface area contributed by atoms with Gasteiger partial charge in [-0.25, -0.2) is 4.79 Å². The minimum atomic E-state index is -0.348. The molecule has 0 aliphatic carbocycles. The summed E-state index contributed by atoms with van der Waals surface area (Å²) >= 11 is 0. The third kappa shape index (κ3) is 2.89. The lowest BCUT2D eigenvalue weighted by molar-refractivity contribution is -0.136. The van der Waals surface area contributed by atoms with Gasteiger partial charge in [-0.15, -0.1) is 6.42 Å². The second-order valence-corrected chi connectivity index (χ2v) is 5.76. The van der Waals surface area contributed by atoms with Crippen LogP contribution < -0.4 is 0 Å². The molecule has 25 heavy (non-hydrogen) atoms. The Labute approximate surface area is 147 Å². The third-order valence-corrected chi connectivity index (χ3v) is 4.33. The Kier molecular flexibility index (Phi) is 4.58. The van der Waals surface area contributed by atoms with E-state index in [0.29, 0.717) is 36.4 Å². The van der Waals surface area contributed by atoms with Gasteiger partial charge in [0.15, 0.2) is 0 Å². The lowest BCUT2D eigenvalue weighted by Gasteiger charge is -2.08. The number of benzene rings is 1. The number of hydrogen-bond donors (Lipinski definition) is 0. The van der Waals surface area contributed by atoms with Crippen LogP contribution in [0.25, 0.3) is 5.57 Å². The Morgan fingerprint density at radius 2 is 1.96 bits per heavy atom. The van der Waals surface area contributed by atoms with Crippen molar-refractivity contribution >= 4 is 17.3 Å². The van der Waals surface area contributed by atoms with E-state index in [1.54, 1.807) is 31.2 Å². The first kappa shape index (κ1) is 16.8. The zero-order valence-corrected chi connectivity index (χ0v) is 14.3. The minimum Gasteiger partial charge on any atom is -0.462 e. The van der Waals surface area contributed by atoms with E-state index < -0.39 is 0 Å². The summed E-state index contributed by atoms with van der Waals surface area (Å²) in [5, 5.41) is 0. The fraction of sp³-hybridized carbons (Fsp3) is 0.238. The molecular weight excluding hydrogens is 314 g/mol. The molecule has 1 aliphatic heterocycles. The SMILES string of the molecule is C#Cc1ccc(C(=O)c2c(CC)cc3n2CC=C3C(=O)OCC)cc1. The topological polar surface area (TPSA) is 48.3 Å². The number of nitrogens with zero attached hydrogens (tertiary/aromatic N) is 1. The molecule has 2 heterocycles. The van der Waals surface area contributed by atoms with Crippen LogP contribution in [0.3, 0.4) is 0 Å². The normalized spacial score (nSPS) is 12.3. The molecule has 0 spiro atoms. The number of hydrogen-bond acceptors (Lipinski definition) is 3. The molecule has 0 fully saturated rings. The molecule has 2 aromatic rings. The maximum atomic E-state index is 13.0. The maximum absolute atomic E-state index is 13.0. The molecular formula is C21H19NO3. The number of carbonyl (C=O) groups excluding carboxylic acids is 2. The first-order valence-corrected chi connectivity index (χ1v) is 8.32. The zero-order valence-electron chi connectivity index (χ0n) is 14.3. The summed E-state index contributed by atoms with van der Waals surface area (Å²) in [6, 6.07) is 8.92. The number of carbonyl (C=O) groups is 2. The Morgan fingerprint density at radius 3 is 2.56 bits per heavy atom. The number of fused-ring (bicyclic) bond motifs is 1. The van der Waals surface area contributed by atoms with Crippen molar-refractivity contribution < 1.29 is 14.3 Å². The molecule has 1 aromatic carbocycles. The number of allylic oxidation sites excluding steroid dienone is 1. The highest BCUT2D eigenvalue weighted by Crippen LogP contribution is 2.31. The molecule has 0 unspecified atom stereocenters. The Morgan fingerprint density at radius 1 is 1.24 bits per heavy atom. The monoisotopic (exact) mass is 333 g/mol. The van der Waals surface area contributed by atoms with Gasteiger partial charge in [0.25, 0.3) is 0 Å². The number of aromatic nitrogens is 1. The van der Waals surface area contributed by atoms with Crippen LogP contribution in [-0.4, -0.2) is 22.9 Å². The van der Waals surface area contributed by atoms with Gasteiger partial charge in [-0.2, -0.15) is 0 Å². The number of esters is 1. The van der Waals surface area contributed by atoms with E-state index in [1.807, 2.05) is 23.6 Å². The molecule has 1 aliphatic rings. The van der Waals surface area contributed by atoms with Crippen molar-refractivity contribution in [3.8, 4) is 12.3 Å². The highest BCUT2D eigenvalue weighted by molar-refractivity contribution is 6.18. The largest absolute Gasteiger partial charge is 0.462 e. The molecule has 3 rings (SSSR count). The van der Waals surface area contributed by atoms with Crippen LogP contribution in [0.1, 0.15) is 46.7 Å². The van der Waals surface area contributed by atoms with E-state index in [1.165, 1.54) is 0 Å². The van der Waals surface area contributed by atoms with Gasteiger partial charge in [-0.1, -0.05) is 12.8 Å². The average Bonchev–Trinajstić information content (AvgIpc) is 3.19. The van der Waals surface area contributed by atoms with Crippen LogP contribution >= 0.6 is 0 Å². The predicted octanol–water partition coefficient (Wildman–Crippen LogP) is 3.22. The number of ether oxygens (including phenoxy) is 1. The van der Waals surface area contributed by atoms with Crippen molar-refractivity contribution in [3.63, 3.8) is 0 Å². The highest BCUT2D eigenvalue weighted by atomic mass is 16.5. The fourth-order valence-electron chi connectivity index (χ4n) is 3.09. The smallest absolute Gasteiger partial charge is 0.339 e. The molecule has 1 aromatic heterocycles. The second-order valence-electron chi connectivity index (χ2n) is 5.76. The van der Waals surface area contributed by atoms with Gasteiger partial charge in [0, 0.05) is 17.7 Å². The molecule has 0 N–H and O–H groups in total. The quantitative estimate of drug-likeness (QED) is 0.479. The summed E-state index contributed by atoms with van der Waals surface area (Å²) in [7, 11) is 0. The molecule has 0 atom stereocenters. The van der Waals surface area contributed by atoms with E-state index in [9.17, 15) is 9.59 Å². The summed E-state index contributed by atoms with van der Waals surface area (Å²) in [5.74, 6) is 2.13. The van der Waals surface area contributed by atoms with Crippen molar-refractivity contribution in [2.24, 2.45) is 0 Å². The molecule has 4 nitrogen and oxygen atoms in total. The van der Waals surface area contributed by atoms with E-state index in [2.05, 4.69) is 5.92 Å². The summed E-state index contributed by atoms with van der Waals surface area (Å²) in [5.41, 5.74) is 4.15. The van der Waals surface area contributed by atoms with Gasteiger partial charge >= 0.3 is 5.97 Å². The molecule has 126 valence electrons. The number of rotatable bonds is 5. The van der Waals surface area contributed by atoms with E-state index >= 15 is 0 Å². The molecule has 4 heteroatoms. The van der Waals surface area contributed by atoms with Gasteiger partial charge in [0.1, 0.15) is 0 Å². The summed E-state index contributed by atoms with van der Waals surface area (Å²) in [4.78, 5) is 25.2. The van der Waals surface area contributed by atoms with Crippen molar-refractivity contribution in [3.05, 3.63) is 64.5 Å². The zero-order chi connectivity index (χ0) is 18.0. The van der Waals surface area contributed by atoms with Crippen molar-refractivity contribution in [2.75, 3.05) is 6.61 Å². The molecule has 0 saturated heterocycles. The third-order valence-electron chi connectivity index (χ3n) is 4.33. The van der Waals surface area contributed by atoms with Gasteiger partial charge in [-0.3, -0.25) is 4.79 Å². The summed E-state index contributed by atoms with van der Waals surface area (Å²) < 4.78 is 7.00. The molecule has 0 bridgehead atoms. The van der Waals surface area contributed by atoms with Crippen molar-refractivity contribution in [1.29, 1.82) is 0 Å². The van der Waals surface area contributed by atoms with Gasteiger partial charge in [0.2, 0.25) is 5.78 Å². The second kappa shape index (κ2) is 6.82. The van der Waals surface area contributed by atoms with Crippen LogP contribution in [0.15, 0.2) is 36.4 Å². The lowest BCUT2D eigenvalue weighted by Crippen LogP contribution is -2.12. The average molecular weight is 333 g/mol. The standard InChI is InChI=1S/C21H19NO3/c1-4-14-7-9-16(10-8-14)20(23)19-15(5-2)13-18-17(11-12-22(18)19)21(24)25-6-3/h1,7-11,13H,5-6,12H2,2-3H3. The van der Waals surface area contributed by atoms with Crippen LogP contribution in [0.5, 0.6) is 0 Å². The van der Waals surface area contributed by atoms with E-state index in [-0.39, 0.29) is 11.8 Å². The molecule has 0 saturated carbocycles. The van der Waals surface area contributed by atoms with Gasteiger partial charge in [0.05, 0.1) is 23.6 Å². The van der Waals surface area contributed by atoms with Crippen molar-refractivity contribution in [1.82, 2.24) is 4.57 Å². The molecule has 0 amide bonds. The molecule has 0 radical (unpaired) electrons. The first-order valence-electron chi connectivity index (χ1n) is 8.32. The van der Waals surface area contributed by atoms with Crippen LogP contribution in [0, 0.1) is 12.3 Å². The van der Waals surface area contributed by atoms with Crippen LogP contribution in [0.4, 0.5) is 0 Å². The number of terminal acetylenes is 1. The van der Waals surface area contributed by atoms with Crippen LogP contribution in [-0.2, 0) is 22.5 Å². The Bertz CT molecular complexity index is 908. The van der Waals surface area contributed by atoms with E-state index in [4.69, 9.17) is 11.2 Å². The van der Waals surface area contributed by atoms with Crippen molar-refractivity contribution in [2.45, 2.75) is 26.8 Å². The Hall–Kier alpha value is -3.06. The van der Waals surface area contributed by atoms with Crippen LogP contribution in [0.2, 0.25) is 0 Å². The van der Waals surface area contributed by atoms with Gasteiger partial charge in [-0.05, 0) is 55.3 Å². The minimum absolute atomic E-state index is 0.0646. The fourth-order valence-corrected chi connectivity index (χ4v) is 3.09. The number of aryl methyl sites for hydroxylation is 1. The summed E-state index contributed by atoms with van der Waals surface area (Å²) in [6.45, 7) is 4.59. The Balaban J connectivity index is 2.01. The van der Waals surface area contributed by atoms with E-state index in [0.717, 1.165) is 16.8 Å². The number of ketones is 1. The maximum Gasteiger partial charge on any atom is 0.339 e. The summed E-state index contributed by atoms with van der Waals surface area (Å²) in [6.07, 6.45) is 7.89. The first-order chi connectivity index (χ1) is 12.1.